The van der Waals surface area contributed by atoms with Crippen LogP contribution in [0.15, 0.2) is 30.3 Å². The van der Waals surface area contributed by atoms with Gasteiger partial charge in [0.2, 0.25) is 5.91 Å². The average molecular weight is 330 g/mol. The number of carbonyl (C=O) groups excluding carboxylic acids is 1. The highest BCUT2D eigenvalue weighted by molar-refractivity contribution is 5.79. The van der Waals surface area contributed by atoms with E-state index < -0.39 is 0 Å². The second kappa shape index (κ2) is 8.13. The molecule has 1 heterocycles. The van der Waals surface area contributed by atoms with Gasteiger partial charge in [0.15, 0.2) is 0 Å². The molecular formula is C20H30N2O2. The molecule has 0 aromatic heterocycles. The Hall–Kier alpha value is -1.39. The quantitative estimate of drug-likeness (QED) is 0.923. The Morgan fingerprint density at radius 1 is 1.12 bits per heavy atom. The van der Waals surface area contributed by atoms with Crippen LogP contribution in [0.5, 0.6) is 0 Å². The lowest BCUT2D eigenvalue weighted by Gasteiger charge is -2.39. The fraction of sp³-hybridized carbons (Fsp3) is 0.650. The lowest BCUT2D eigenvalue weighted by atomic mass is 9.89. The van der Waals surface area contributed by atoms with Gasteiger partial charge in [-0.25, -0.2) is 0 Å². The molecule has 1 amide bonds. The van der Waals surface area contributed by atoms with Crippen molar-refractivity contribution in [2.45, 2.75) is 57.2 Å². The van der Waals surface area contributed by atoms with Gasteiger partial charge >= 0.3 is 0 Å². The van der Waals surface area contributed by atoms with Gasteiger partial charge in [-0.15, -0.1) is 0 Å². The van der Waals surface area contributed by atoms with Crippen molar-refractivity contribution < 1.29 is 9.90 Å². The normalized spacial score (nSPS) is 26.2. The Morgan fingerprint density at radius 3 is 2.46 bits per heavy atom. The highest BCUT2D eigenvalue weighted by Gasteiger charge is 2.34. The van der Waals surface area contributed by atoms with E-state index in [0.717, 1.165) is 58.2 Å². The van der Waals surface area contributed by atoms with E-state index in [1.165, 1.54) is 5.56 Å². The summed E-state index contributed by atoms with van der Waals surface area (Å²) in [4.78, 5) is 17.1. The van der Waals surface area contributed by atoms with E-state index in [2.05, 4.69) is 29.2 Å². The maximum Gasteiger partial charge on any atom is 0.225 e. The van der Waals surface area contributed by atoms with Gasteiger partial charge in [0.25, 0.3) is 0 Å². The fourth-order valence-electron chi connectivity index (χ4n) is 4.17. The van der Waals surface area contributed by atoms with Crippen molar-refractivity contribution in [3.05, 3.63) is 35.9 Å². The van der Waals surface area contributed by atoms with E-state index in [-0.39, 0.29) is 24.0 Å². The molecule has 1 aliphatic heterocycles. The molecule has 4 heteroatoms. The molecule has 1 N–H and O–H groups in total. The number of aliphatic hydroxyl groups excluding tert-OH is 1. The highest BCUT2D eigenvalue weighted by Crippen LogP contribution is 2.26. The van der Waals surface area contributed by atoms with Crippen molar-refractivity contribution in [2.24, 2.45) is 5.92 Å². The summed E-state index contributed by atoms with van der Waals surface area (Å²) in [6, 6.07) is 10.6. The van der Waals surface area contributed by atoms with Crippen LogP contribution in [0, 0.1) is 5.92 Å². The summed E-state index contributed by atoms with van der Waals surface area (Å²) >= 11 is 0. The van der Waals surface area contributed by atoms with E-state index in [0.29, 0.717) is 0 Å². The Labute approximate surface area is 145 Å². The maximum absolute atomic E-state index is 12.8. The van der Waals surface area contributed by atoms with Crippen molar-refractivity contribution >= 4 is 5.91 Å². The van der Waals surface area contributed by atoms with E-state index >= 15 is 0 Å². The van der Waals surface area contributed by atoms with Crippen LogP contribution in [0.4, 0.5) is 0 Å². The molecule has 3 rings (SSSR count). The molecule has 4 nitrogen and oxygen atoms in total. The van der Waals surface area contributed by atoms with E-state index in [4.69, 9.17) is 0 Å². The first-order chi connectivity index (χ1) is 11.6. The second-order valence-electron chi connectivity index (χ2n) is 7.40. The number of hydrogen-bond donors (Lipinski definition) is 1. The zero-order valence-corrected chi connectivity index (χ0v) is 14.7. The number of benzene rings is 1. The molecule has 2 fully saturated rings. The zero-order chi connectivity index (χ0) is 16.9. The predicted octanol–water partition coefficient (Wildman–Crippen LogP) is 2.66. The highest BCUT2D eigenvalue weighted by atomic mass is 16.3. The van der Waals surface area contributed by atoms with E-state index in [9.17, 15) is 9.90 Å². The number of hydrogen-bond acceptors (Lipinski definition) is 3. The smallest absolute Gasteiger partial charge is 0.225 e. The van der Waals surface area contributed by atoms with Crippen molar-refractivity contribution in [3.63, 3.8) is 0 Å². The molecule has 1 aromatic rings. The van der Waals surface area contributed by atoms with Gasteiger partial charge in [-0.3, -0.25) is 9.69 Å². The summed E-state index contributed by atoms with van der Waals surface area (Å²) in [6.45, 7) is 2.93. The molecule has 0 bridgehead atoms. The van der Waals surface area contributed by atoms with Gasteiger partial charge in [-0.05, 0) is 44.3 Å². The van der Waals surface area contributed by atoms with Gasteiger partial charge in [0.1, 0.15) is 0 Å². The number of nitrogens with zero attached hydrogens (tertiary/aromatic N) is 2. The van der Waals surface area contributed by atoms with Crippen molar-refractivity contribution in [1.82, 2.24) is 9.80 Å². The van der Waals surface area contributed by atoms with Crippen molar-refractivity contribution in [3.8, 4) is 0 Å². The standard InChI is InChI=1S/C20H30N2O2/c1-21(18-9-5-6-10-19(18)23)20(24)17-11-13-22(14-12-17)15-16-7-3-2-4-8-16/h2-4,7-8,17-19,23H,5-6,9-15H2,1H3/t18-,19+/m0/s1. The van der Waals surface area contributed by atoms with Crippen molar-refractivity contribution in [2.75, 3.05) is 20.1 Å². The second-order valence-corrected chi connectivity index (χ2v) is 7.40. The molecule has 1 saturated heterocycles. The number of amides is 1. The van der Waals surface area contributed by atoms with Crippen LogP contribution in [-0.2, 0) is 11.3 Å². The summed E-state index contributed by atoms with van der Waals surface area (Å²) in [5, 5.41) is 10.2. The summed E-state index contributed by atoms with van der Waals surface area (Å²) in [7, 11) is 1.89. The van der Waals surface area contributed by atoms with Gasteiger partial charge < -0.3 is 10.0 Å². The van der Waals surface area contributed by atoms with Crippen LogP contribution in [0.2, 0.25) is 0 Å². The number of aliphatic hydroxyl groups is 1. The lowest BCUT2D eigenvalue weighted by Crippen LogP contribution is -2.49. The molecule has 1 aromatic carbocycles. The maximum atomic E-state index is 12.8. The number of piperidine rings is 1. The Bertz CT molecular complexity index is 526. The van der Waals surface area contributed by atoms with Crippen LogP contribution in [-0.4, -0.2) is 53.1 Å². The summed E-state index contributed by atoms with van der Waals surface area (Å²) in [5.74, 6) is 0.358. The first-order valence-electron chi connectivity index (χ1n) is 9.36. The molecule has 1 saturated carbocycles. The van der Waals surface area contributed by atoms with Gasteiger partial charge in [-0.2, -0.15) is 0 Å². The lowest BCUT2D eigenvalue weighted by molar-refractivity contribution is -0.141. The fourth-order valence-corrected chi connectivity index (χ4v) is 4.17. The van der Waals surface area contributed by atoms with Crippen LogP contribution < -0.4 is 0 Å². The Balaban J connectivity index is 1.49. The van der Waals surface area contributed by atoms with Crippen LogP contribution in [0.3, 0.4) is 0 Å². The van der Waals surface area contributed by atoms with Crippen LogP contribution >= 0.6 is 0 Å². The third kappa shape index (κ3) is 4.17. The van der Waals surface area contributed by atoms with Gasteiger partial charge in [-0.1, -0.05) is 43.2 Å². The minimum Gasteiger partial charge on any atom is -0.391 e. The third-order valence-electron chi connectivity index (χ3n) is 5.72. The monoisotopic (exact) mass is 330 g/mol. The topological polar surface area (TPSA) is 43.8 Å². The first-order valence-corrected chi connectivity index (χ1v) is 9.36. The minimum atomic E-state index is -0.342. The zero-order valence-electron chi connectivity index (χ0n) is 14.7. The largest absolute Gasteiger partial charge is 0.391 e. The molecular weight excluding hydrogens is 300 g/mol. The third-order valence-corrected chi connectivity index (χ3v) is 5.72. The first kappa shape index (κ1) is 17.4. The van der Waals surface area contributed by atoms with Crippen molar-refractivity contribution in [1.29, 1.82) is 0 Å². The number of likely N-dealkylation sites (tertiary alicyclic amines) is 1. The number of likely N-dealkylation sites (N-methyl/N-ethyl adjacent to an activating group) is 1. The molecule has 0 unspecified atom stereocenters. The molecule has 1 aliphatic carbocycles. The molecule has 132 valence electrons. The van der Waals surface area contributed by atoms with Gasteiger partial charge in [0.05, 0.1) is 12.1 Å². The summed E-state index contributed by atoms with van der Waals surface area (Å²) in [5.41, 5.74) is 1.34. The summed E-state index contributed by atoms with van der Waals surface area (Å²) in [6.07, 6.45) is 5.49. The summed E-state index contributed by atoms with van der Waals surface area (Å²) < 4.78 is 0. The Kier molecular flexibility index (Phi) is 5.90. The Morgan fingerprint density at radius 2 is 1.79 bits per heavy atom. The van der Waals surface area contributed by atoms with E-state index in [1.54, 1.807) is 0 Å². The predicted molar refractivity (Wildman–Crippen MR) is 95.5 cm³/mol. The van der Waals surface area contributed by atoms with E-state index in [1.807, 2.05) is 18.0 Å². The van der Waals surface area contributed by atoms with Crippen LogP contribution in [0.1, 0.15) is 44.1 Å². The number of rotatable bonds is 4. The SMILES string of the molecule is CN(C(=O)C1CCN(Cc2ccccc2)CC1)[C@H]1CCCC[C@H]1O. The number of carbonyl (C=O) groups is 1. The van der Waals surface area contributed by atoms with Gasteiger partial charge in [0, 0.05) is 19.5 Å². The minimum absolute atomic E-state index is 0.0219. The molecule has 0 radical (unpaired) electrons. The molecule has 0 spiro atoms. The average Bonchev–Trinajstić information content (AvgIpc) is 2.62. The molecule has 24 heavy (non-hydrogen) atoms. The van der Waals surface area contributed by atoms with Crippen LogP contribution in [0.25, 0.3) is 0 Å². The molecule has 2 atom stereocenters. The molecule has 2 aliphatic rings.